The number of halogens is 3. The van der Waals surface area contributed by atoms with Crippen molar-refractivity contribution in [2.45, 2.75) is 18.6 Å². The van der Waals surface area contributed by atoms with E-state index in [9.17, 15) is 23.1 Å². The summed E-state index contributed by atoms with van der Waals surface area (Å²) in [5, 5.41) is 9.75. The molecule has 2 aliphatic rings. The van der Waals surface area contributed by atoms with Crippen LogP contribution in [0.3, 0.4) is 0 Å². The number of fused-ring (bicyclic) bond motifs is 1. The minimum Gasteiger partial charge on any atom is -0.497 e. The van der Waals surface area contributed by atoms with E-state index >= 15 is 0 Å². The second kappa shape index (κ2) is 10.2. The normalized spacial score (nSPS) is 17.6. The molecule has 3 aromatic rings. The largest absolute Gasteiger partial charge is 0.497 e. The van der Waals surface area contributed by atoms with E-state index in [1.165, 1.54) is 12.3 Å². The second-order valence-corrected chi connectivity index (χ2v) is 9.05. The van der Waals surface area contributed by atoms with Crippen LogP contribution in [0.15, 0.2) is 72.0 Å². The summed E-state index contributed by atoms with van der Waals surface area (Å²) >= 11 is 0. The third kappa shape index (κ3) is 5.09. The van der Waals surface area contributed by atoms with E-state index in [0.29, 0.717) is 43.4 Å². The summed E-state index contributed by atoms with van der Waals surface area (Å²) in [7, 11) is 1.61. The molecule has 0 amide bonds. The molecule has 0 spiro atoms. The number of aromatic nitrogens is 1. The number of carboxylic acids is 1. The highest BCUT2D eigenvalue weighted by Crippen LogP contribution is 2.41. The zero-order valence-electron chi connectivity index (χ0n) is 20.6. The molecule has 0 bridgehead atoms. The highest BCUT2D eigenvalue weighted by molar-refractivity contribution is 6.01. The monoisotopic (exact) mass is 525 g/mol. The predicted octanol–water partition coefficient (Wildman–Crippen LogP) is 4.95. The summed E-state index contributed by atoms with van der Waals surface area (Å²) in [6.07, 6.45) is -1.78. The van der Waals surface area contributed by atoms with Crippen molar-refractivity contribution in [3.8, 4) is 5.75 Å². The first-order valence-corrected chi connectivity index (χ1v) is 12.1. The van der Waals surface area contributed by atoms with Crippen LogP contribution in [0.1, 0.15) is 23.6 Å². The summed E-state index contributed by atoms with van der Waals surface area (Å²) in [6, 6.07) is 13.6. The van der Waals surface area contributed by atoms with Crippen LogP contribution in [0.4, 0.5) is 30.2 Å². The Kier molecular flexibility index (Phi) is 6.83. The van der Waals surface area contributed by atoms with E-state index in [2.05, 4.69) is 9.88 Å². The highest BCUT2D eigenvalue weighted by Gasteiger charge is 2.38. The number of nitrogens with zero attached hydrogens (tertiary/aromatic N) is 5. The molecule has 1 saturated heterocycles. The van der Waals surface area contributed by atoms with Gasteiger partial charge in [-0.3, -0.25) is 9.78 Å². The smallest absolute Gasteiger partial charge is 0.416 e. The Balaban J connectivity index is 1.52. The van der Waals surface area contributed by atoms with Crippen molar-refractivity contribution in [1.82, 2.24) is 9.88 Å². The lowest BCUT2D eigenvalue weighted by Gasteiger charge is -2.45. The quantitative estimate of drug-likeness (QED) is 0.505. The lowest BCUT2D eigenvalue weighted by molar-refractivity contribution is -0.138. The van der Waals surface area contributed by atoms with Crippen molar-refractivity contribution in [3.05, 3.63) is 78.1 Å². The van der Waals surface area contributed by atoms with Crippen molar-refractivity contribution in [2.24, 2.45) is 4.99 Å². The van der Waals surface area contributed by atoms with Gasteiger partial charge in [-0.1, -0.05) is 12.1 Å². The number of piperazine rings is 1. The van der Waals surface area contributed by atoms with Crippen molar-refractivity contribution in [3.63, 3.8) is 0 Å². The number of hydrogen-bond donors (Lipinski definition) is 1. The highest BCUT2D eigenvalue weighted by atomic mass is 19.4. The van der Waals surface area contributed by atoms with Gasteiger partial charge in [-0.2, -0.15) is 13.2 Å². The number of hydrogen-bond acceptors (Lipinski definition) is 7. The summed E-state index contributed by atoms with van der Waals surface area (Å²) < 4.78 is 46.2. The number of guanidine groups is 1. The van der Waals surface area contributed by atoms with Crippen LogP contribution < -0.4 is 14.5 Å². The molecule has 1 aromatic heterocycles. The van der Waals surface area contributed by atoms with Crippen LogP contribution in [0.25, 0.3) is 0 Å². The first-order chi connectivity index (χ1) is 18.2. The molecule has 5 rings (SSSR count). The van der Waals surface area contributed by atoms with Crippen LogP contribution in [0.2, 0.25) is 0 Å². The maximum Gasteiger partial charge on any atom is 0.416 e. The fourth-order valence-corrected chi connectivity index (χ4v) is 4.90. The molecule has 0 aliphatic carbocycles. The summed E-state index contributed by atoms with van der Waals surface area (Å²) in [5.74, 6) is 0.0816. The number of methoxy groups -OCH3 is 1. The van der Waals surface area contributed by atoms with Crippen LogP contribution >= 0.6 is 0 Å². The lowest BCUT2D eigenvalue weighted by atomic mass is 9.98. The SMILES string of the molecule is COc1cccc(N2CCN(C3=Nc4cnccc4C(CC(=O)O)N3c3cccc(C(F)(F)F)c3)CC2)c1. The Bertz CT molecular complexity index is 1360. The first kappa shape index (κ1) is 25.4. The molecule has 3 heterocycles. The van der Waals surface area contributed by atoms with Crippen LogP contribution in [-0.2, 0) is 11.0 Å². The Hall–Kier alpha value is -4.28. The maximum absolute atomic E-state index is 13.6. The molecule has 38 heavy (non-hydrogen) atoms. The van der Waals surface area contributed by atoms with Gasteiger partial charge in [0.2, 0.25) is 5.96 Å². The number of ether oxygens (including phenoxy) is 1. The topological polar surface area (TPSA) is 81.5 Å². The van der Waals surface area contributed by atoms with E-state index in [1.807, 2.05) is 29.2 Å². The molecule has 2 aliphatic heterocycles. The van der Waals surface area contributed by atoms with E-state index in [1.54, 1.807) is 30.3 Å². The van der Waals surface area contributed by atoms with E-state index in [-0.39, 0.29) is 12.1 Å². The summed E-state index contributed by atoms with van der Waals surface area (Å²) in [6.45, 7) is 2.32. The Morgan fingerprint density at radius 3 is 2.45 bits per heavy atom. The van der Waals surface area contributed by atoms with Gasteiger partial charge in [0.1, 0.15) is 5.75 Å². The number of pyridine rings is 1. The van der Waals surface area contributed by atoms with Crippen LogP contribution in [0.5, 0.6) is 5.75 Å². The van der Waals surface area contributed by atoms with Crippen LogP contribution in [-0.4, -0.2) is 60.2 Å². The molecule has 198 valence electrons. The van der Waals surface area contributed by atoms with E-state index < -0.39 is 23.8 Å². The van der Waals surface area contributed by atoms with Crippen LogP contribution in [0, 0.1) is 0 Å². The van der Waals surface area contributed by atoms with Gasteiger partial charge < -0.3 is 24.5 Å². The van der Waals surface area contributed by atoms with Gasteiger partial charge in [0.05, 0.1) is 37.0 Å². The van der Waals surface area contributed by atoms with E-state index in [4.69, 9.17) is 9.73 Å². The number of carboxylic acid groups (broad SMARTS) is 1. The second-order valence-electron chi connectivity index (χ2n) is 9.05. The van der Waals surface area contributed by atoms with Crippen molar-refractivity contribution in [2.75, 3.05) is 43.1 Å². The zero-order valence-corrected chi connectivity index (χ0v) is 20.6. The van der Waals surface area contributed by atoms with Gasteiger partial charge in [0, 0.05) is 55.4 Å². The number of benzene rings is 2. The maximum atomic E-state index is 13.6. The molecule has 1 N–H and O–H groups in total. The molecule has 0 radical (unpaired) electrons. The minimum absolute atomic E-state index is 0.225. The van der Waals surface area contributed by atoms with Gasteiger partial charge in [-0.15, -0.1) is 0 Å². The van der Waals surface area contributed by atoms with Gasteiger partial charge in [0.15, 0.2) is 0 Å². The number of anilines is 2. The zero-order chi connectivity index (χ0) is 26.9. The Labute approximate surface area is 217 Å². The fraction of sp³-hybridized carbons (Fsp3) is 0.296. The van der Waals surface area contributed by atoms with Gasteiger partial charge in [-0.25, -0.2) is 4.99 Å². The molecule has 0 saturated carbocycles. The molecular formula is C27H26F3N5O3. The third-order valence-electron chi connectivity index (χ3n) is 6.74. The molecule has 1 fully saturated rings. The van der Waals surface area contributed by atoms with Gasteiger partial charge in [0.25, 0.3) is 0 Å². The van der Waals surface area contributed by atoms with Gasteiger partial charge >= 0.3 is 12.1 Å². The van der Waals surface area contributed by atoms with Gasteiger partial charge in [-0.05, 0) is 36.4 Å². The Morgan fingerprint density at radius 2 is 1.74 bits per heavy atom. The first-order valence-electron chi connectivity index (χ1n) is 12.1. The van der Waals surface area contributed by atoms with E-state index in [0.717, 1.165) is 23.6 Å². The number of aliphatic imine (C=N–C) groups is 1. The lowest BCUT2D eigenvalue weighted by Crippen LogP contribution is -2.55. The van der Waals surface area contributed by atoms with Crippen molar-refractivity contribution in [1.29, 1.82) is 0 Å². The molecule has 1 unspecified atom stereocenters. The fourth-order valence-electron chi connectivity index (χ4n) is 4.90. The number of carbonyl (C=O) groups is 1. The number of aliphatic carboxylic acids is 1. The average Bonchev–Trinajstić information content (AvgIpc) is 2.92. The van der Waals surface area contributed by atoms with Crippen molar-refractivity contribution < 1.29 is 27.8 Å². The summed E-state index contributed by atoms with van der Waals surface area (Å²) in [5.41, 5.74) is 1.52. The number of alkyl halides is 3. The molecule has 2 aromatic carbocycles. The minimum atomic E-state index is -4.55. The molecule has 1 atom stereocenters. The predicted molar refractivity (Wildman–Crippen MR) is 137 cm³/mol. The molecular weight excluding hydrogens is 499 g/mol. The molecule has 11 heteroatoms. The van der Waals surface area contributed by atoms with Crippen molar-refractivity contribution >= 4 is 29.0 Å². The standard InChI is InChI=1S/C27H26F3N5O3/c1-38-21-7-3-5-19(15-21)33-10-12-34(13-11-33)26-32-23-17-31-9-8-22(23)24(16-25(36)37)35(26)20-6-2-4-18(14-20)27(28,29)30/h2-9,14-15,17,24H,10-13,16H2,1H3,(H,36,37). The average molecular weight is 526 g/mol. The Morgan fingerprint density at radius 1 is 1.03 bits per heavy atom. The third-order valence-corrected chi connectivity index (χ3v) is 6.74. The summed E-state index contributed by atoms with van der Waals surface area (Å²) in [4.78, 5) is 26.7. The molecule has 8 nitrogen and oxygen atoms in total. The number of rotatable bonds is 5.